The molecule has 0 spiro atoms. The van der Waals surface area contributed by atoms with Gasteiger partial charge < -0.3 is 9.15 Å². The first-order chi connectivity index (χ1) is 11.2. The summed E-state index contributed by atoms with van der Waals surface area (Å²) in [6, 6.07) is 4.92. The number of rotatable bonds is 8. The molecule has 1 aromatic heterocycles. The fourth-order valence-electron chi connectivity index (χ4n) is 2.25. The van der Waals surface area contributed by atoms with Crippen LogP contribution in [0.15, 0.2) is 52.2 Å². The van der Waals surface area contributed by atoms with E-state index in [-0.39, 0.29) is 11.1 Å². The first-order valence-electron chi connectivity index (χ1n) is 7.81. The highest BCUT2D eigenvalue weighted by molar-refractivity contribution is 5.83. The quantitative estimate of drug-likeness (QED) is 0.519. The van der Waals surface area contributed by atoms with Crippen molar-refractivity contribution in [2.45, 2.75) is 32.6 Å². The van der Waals surface area contributed by atoms with E-state index in [1.807, 2.05) is 25.2 Å². The SMILES string of the molecule is C=CCC/C=C/CCOc1ccc2cc(CC)oc(=O)c2c1F. The monoisotopic (exact) mass is 316 g/mol. The van der Waals surface area contributed by atoms with Crippen molar-refractivity contribution < 1.29 is 13.5 Å². The van der Waals surface area contributed by atoms with Crippen molar-refractivity contribution in [3.8, 4) is 5.75 Å². The van der Waals surface area contributed by atoms with E-state index in [0.717, 1.165) is 12.8 Å². The van der Waals surface area contributed by atoms with Crippen LogP contribution in [0.5, 0.6) is 5.75 Å². The third-order valence-corrected chi connectivity index (χ3v) is 3.48. The van der Waals surface area contributed by atoms with Gasteiger partial charge in [-0.05, 0) is 36.8 Å². The van der Waals surface area contributed by atoms with Crippen molar-refractivity contribution in [2.75, 3.05) is 6.61 Å². The molecule has 0 fully saturated rings. The highest BCUT2D eigenvalue weighted by Crippen LogP contribution is 2.25. The van der Waals surface area contributed by atoms with Crippen LogP contribution in [0, 0.1) is 5.82 Å². The van der Waals surface area contributed by atoms with Crippen LogP contribution in [0.2, 0.25) is 0 Å². The second-order valence-corrected chi connectivity index (χ2v) is 5.17. The fourth-order valence-corrected chi connectivity index (χ4v) is 2.25. The Kier molecular flexibility index (Phi) is 6.15. The van der Waals surface area contributed by atoms with Crippen LogP contribution in [0.3, 0.4) is 0 Å². The molecule has 0 aliphatic heterocycles. The molecule has 0 N–H and O–H groups in total. The van der Waals surface area contributed by atoms with Gasteiger partial charge in [0.1, 0.15) is 11.1 Å². The Morgan fingerprint density at radius 3 is 2.78 bits per heavy atom. The first-order valence-corrected chi connectivity index (χ1v) is 7.81. The molecule has 0 aliphatic rings. The van der Waals surface area contributed by atoms with Crippen LogP contribution in [0.1, 0.15) is 31.9 Å². The van der Waals surface area contributed by atoms with Crippen molar-refractivity contribution in [2.24, 2.45) is 0 Å². The van der Waals surface area contributed by atoms with Crippen molar-refractivity contribution >= 4 is 10.8 Å². The van der Waals surface area contributed by atoms with Crippen LogP contribution in [-0.2, 0) is 6.42 Å². The molecule has 4 heteroatoms. The average Bonchev–Trinajstić information content (AvgIpc) is 2.55. The van der Waals surface area contributed by atoms with Crippen molar-refractivity contribution in [1.29, 1.82) is 0 Å². The molecule has 0 saturated carbocycles. The summed E-state index contributed by atoms with van der Waals surface area (Å²) in [5.41, 5.74) is -0.661. The maximum atomic E-state index is 14.4. The van der Waals surface area contributed by atoms with Gasteiger partial charge in [0.25, 0.3) is 0 Å². The molecule has 0 aliphatic carbocycles. The minimum absolute atomic E-state index is 0.0544. The van der Waals surface area contributed by atoms with E-state index in [0.29, 0.717) is 30.6 Å². The van der Waals surface area contributed by atoms with E-state index in [9.17, 15) is 9.18 Å². The first kappa shape index (κ1) is 17.0. The van der Waals surface area contributed by atoms with Gasteiger partial charge in [0.05, 0.1) is 6.61 Å². The molecule has 2 rings (SSSR count). The molecule has 0 bridgehead atoms. The standard InChI is InChI=1S/C19H21FO3/c1-3-5-6-7-8-9-12-22-16-11-10-14-13-15(4-2)23-19(21)17(14)18(16)20/h3,7-8,10-11,13H,1,4-6,9,12H2,2H3/b8-7+. The van der Waals surface area contributed by atoms with E-state index in [2.05, 4.69) is 6.58 Å². The largest absolute Gasteiger partial charge is 0.490 e. The van der Waals surface area contributed by atoms with Crippen LogP contribution < -0.4 is 10.4 Å². The van der Waals surface area contributed by atoms with Gasteiger partial charge in [0.2, 0.25) is 0 Å². The van der Waals surface area contributed by atoms with Crippen molar-refractivity contribution in [3.63, 3.8) is 0 Å². The molecular formula is C19H21FO3. The summed E-state index contributed by atoms with van der Waals surface area (Å²) >= 11 is 0. The van der Waals surface area contributed by atoms with E-state index in [4.69, 9.17) is 9.15 Å². The molecule has 2 aromatic rings. The minimum atomic E-state index is -0.661. The third kappa shape index (κ3) is 4.31. The van der Waals surface area contributed by atoms with Crippen LogP contribution in [-0.4, -0.2) is 6.61 Å². The zero-order chi connectivity index (χ0) is 16.7. The smallest absolute Gasteiger partial charge is 0.346 e. The van der Waals surface area contributed by atoms with E-state index in [1.54, 1.807) is 18.2 Å². The lowest BCUT2D eigenvalue weighted by atomic mass is 10.1. The Hall–Kier alpha value is -2.36. The zero-order valence-corrected chi connectivity index (χ0v) is 13.3. The minimum Gasteiger partial charge on any atom is -0.490 e. The Bertz CT molecular complexity index is 759. The summed E-state index contributed by atoms with van der Waals surface area (Å²) in [5.74, 6) is -0.0386. The van der Waals surface area contributed by atoms with Crippen molar-refractivity contribution in [3.05, 3.63) is 65.0 Å². The predicted octanol–water partition coefficient (Wildman–Crippen LogP) is 4.79. The molecule has 1 heterocycles. The normalized spacial score (nSPS) is 11.2. The molecule has 23 heavy (non-hydrogen) atoms. The van der Waals surface area contributed by atoms with Crippen LogP contribution in [0.25, 0.3) is 10.8 Å². The number of fused-ring (bicyclic) bond motifs is 1. The Morgan fingerprint density at radius 2 is 2.04 bits per heavy atom. The van der Waals surface area contributed by atoms with Gasteiger partial charge in [-0.3, -0.25) is 0 Å². The number of aryl methyl sites for hydroxylation is 1. The average molecular weight is 316 g/mol. The summed E-state index contributed by atoms with van der Waals surface area (Å²) in [5, 5.41) is 0.480. The summed E-state index contributed by atoms with van der Waals surface area (Å²) in [7, 11) is 0. The Labute approximate surface area is 135 Å². The number of unbranched alkanes of at least 4 members (excludes halogenated alkanes) is 1. The predicted molar refractivity (Wildman–Crippen MR) is 90.5 cm³/mol. The van der Waals surface area contributed by atoms with Gasteiger partial charge >= 0.3 is 5.63 Å². The molecule has 0 atom stereocenters. The maximum absolute atomic E-state index is 14.4. The summed E-state index contributed by atoms with van der Waals surface area (Å²) in [6.45, 7) is 5.88. The van der Waals surface area contributed by atoms with Crippen LogP contribution >= 0.6 is 0 Å². The van der Waals surface area contributed by atoms with Gasteiger partial charge in [-0.1, -0.05) is 31.2 Å². The lowest BCUT2D eigenvalue weighted by Gasteiger charge is -2.08. The van der Waals surface area contributed by atoms with Gasteiger partial charge in [-0.25, -0.2) is 9.18 Å². The summed E-state index contributed by atoms with van der Waals surface area (Å²) in [4.78, 5) is 11.9. The number of halogens is 1. The fraction of sp³-hybridized carbons (Fsp3) is 0.316. The molecule has 1 aromatic carbocycles. The molecule has 0 radical (unpaired) electrons. The van der Waals surface area contributed by atoms with E-state index >= 15 is 0 Å². The van der Waals surface area contributed by atoms with E-state index in [1.165, 1.54) is 0 Å². The molecule has 3 nitrogen and oxygen atoms in total. The lowest BCUT2D eigenvalue weighted by molar-refractivity contribution is 0.309. The van der Waals surface area contributed by atoms with Gasteiger partial charge in [-0.2, -0.15) is 0 Å². The summed E-state index contributed by atoms with van der Waals surface area (Å²) < 4.78 is 24.9. The van der Waals surface area contributed by atoms with Gasteiger partial charge in [-0.15, -0.1) is 6.58 Å². The third-order valence-electron chi connectivity index (χ3n) is 3.48. The molecule has 0 amide bonds. The number of allylic oxidation sites excluding steroid dienone is 2. The van der Waals surface area contributed by atoms with Crippen LogP contribution in [0.4, 0.5) is 4.39 Å². The number of hydrogen-bond acceptors (Lipinski definition) is 3. The van der Waals surface area contributed by atoms with Crippen molar-refractivity contribution in [1.82, 2.24) is 0 Å². The van der Waals surface area contributed by atoms with E-state index < -0.39 is 11.4 Å². The molecule has 122 valence electrons. The lowest BCUT2D eigenvalue weighted by Crippen LogP contribution is -2.06. The van der Waals surface area contributed by atoms with Gasteiger partial charge in [0, 0.05) is 6.42 Å². The molecular weight excluding hydrogens is 295 g/mol. The van der Waals surface area contributed by atoms with Gasteiger partial charge in [0.15, 0.2) is 11.6 Å². The highest BCUT2D eigenvalue weighted by atomic mass is 19.1. The number of benzene rings is 1. The number of hydrogen-bond donors (Lipinski definition) is 0. The topological polar surface area (TPSA) is 39.4 Å². The zero-order valence-electron chi connectivity index (χ0n) is 13.3. The second-order valence-electron chi connectivity index (χ2n) is 5.17. The Morgan fingerprint density at radius 1 is 1.26 bits per heavy atom. The number of ether oxygens (including phenoxy) is 1. The molecule has 0 unspecified atom stereocenters. The maximum Gasteiger partial charge on any atom is 0.346 e. The second kappa shape index (κ2) is 8.32. The summed E-state index contributed by atoms with van der Waals surface area (Å²) in [6.07, 6.45) is 9.04. The Balaban J connectivity index is 2.09. The molecule has 0 saturated heterocycles. The highest BCUT2D eigenvalue weighted by Gasteiger charge is 2.13.